The predicted octanol–water partition coefficient (Wildman–Crippen LogP) is 1.03. The van der Waals surface area contributed by atoms with Crippen LogP contribution in [0.3, 0.4) is 0 Å². The molecular weight excluding hydrogens is 268 g/mol. The van der Waals surface area contributed by atoms with Crippen molar-refractivity contribution in [1.29, 1.82) is 0 Å². The summed E-state index contributed by atoms with van der Waals surface area (Å²) in [5, 5.41) is 3.50. The van der Waals surface area contributed by atoms with Gasteiger partial charge in [0.2, 0.25) is 5.91 Å². The minimum absolute atomic E-state index is 0.0245. The second kappa shape index (κ2) is 5.48. The summed E-state index contributed by atoms with van der Waals surface area (Å²) in [5.74, 6) is -1.16. The van der Waals surface area contributed by atoms with Crippen LogP contribution in [0, 0.1) is 12.8 Å². The molecule has 3 rings (SSSR count). The number of hydrogen-bond donors (Lipinski definition) is 1. The number of ether oxygens (including phenoxy) is 1. The van der Waals surface area contributed by atoms with Gasteiger partial charge in [0.1, 0.15) is 5.92 Å². The second-order valence-electron chi connectivity index (χ2n) is 5.70. The van der Waals surface area contributed by atoms with Crippen LogP contribution in [0.15, 0.2) is 24.3 Å². The summed E-state index contributed by atoms with van der Waals surface area (Å²) in [6.07, 6.45) is 0.525. The van der Waals surface area contributed by atoms with E-state index in [9.17, 15) is 9.59 Å². The lowest BCUT2D eigenvalue weighted by Gasteiger charge is -2.38. The highest BCUT2D eigenvalue weighted by Gasteiger charge is 2.48. The molecule has 0 bridgehead atoms. The minimum Gasteiger partial charge on any atom is -0.468 e. The predicted molar refractivity (Wildman–Crippen MR) is 77.5 cm³/mol. The van der Waals surface area contributed by atoms with Gasteiger partial charge in [-0.25, -0.2) is 0 Å². The van der Waals surface area contributed by atoms with Gasteiger partial charge in [-0.2, -0.15) is 0 Å². The third kappa shape index (κ3) is 2.31. The van der Waals surface area contributed by atoms with Gasteiger partial charge in [0.05, 0.1) is 19.2 Å². The van der Waals surface area contributed by atoms with Crippen molar-refractivity contribution in [3.05, 3.63) is 35.4 Å². The van der Waals surface area contributed by atoms with Gasteiger partial charge in [-0.1, -0.05) is 24.3 Å². The first-order valence-corrected chi connectivity index (χ1v) is 7.30. The van der Waals surface area contributed by atoms with Crippen LogP contribution in [0.1, 0.15) is 23.6 Å². The Morgan fingerprint density at radius 1 is 1.38 bits per heavy atom. The molecule has 0 radical (unpaired) electrons. The van der Waals surface area contributed by atoms with Gasteiger partial charge in [0.25, 0.3) is 0 Å². The van der Waals surface area contributed by atoms with Crippen molar-refractivity contribution in [3.8, 4) is 0 Å². The van der Waals surface area contributed by atoms with Gasteiger partial charge >= 0.3 is 5.97 Å². The van der Waals surface area contributed by atoms with Crippen LogP contribution in [0.5, 0.6) is 0 Å². The molecule has 2 saturated heterocycles. The first-order chi connectivity index (χ1) is 10.1. The fraction of sp³-hybridized carbons (Fsp3) is 0.500. The van der Waals surface area contributed by atoms with E-state index in [1.165, 1.54) is 18.2 Å². The fourth-order valence-electron chi connectivity index (χ4n) is 3.49. The number of amides is 1. The topological polar surface area (TPSA) is 58.6 Å². The van der Waals surface area contributed by atoms with E-state index in [2.05, 4.69) is 24.4 Å². The van der Waals surface area contributed by atoms with E-state index in [0.29, 0.717) is 13.0 Å². The molecule has 1 N–H and O–H groups in total. The quantitative estimate of drug-likeness (QED) is 0.652. The minimum atomic E-state index is -0.647. The van der Waals surface area contributed by atoms with E-state index in [0.717, 1.165) is 6.54 Å². The highest BCUT2D eigenvalue weighted by atomic mass is 16.5. The van der Waals surface area contributed by atoms with Crippen molar-refractivity contribution in [2.45, 2.75) is 25.4 Å². The number of carbonyl (C=O) groups is 2. The highest BCUT2D eigenvalue weighted by Crippen LogP contribution is 2.36. The maximum atomic E-state index is 12.4. The fourth-order valence-corrected chi connectivity index (χ4v) is 3.49. The zero-order valence-corrected chi connectivity index (χ0v) is 12.3. The number of piperazine rings is 1. The molecule has 5 nitrogen and oxygen atoms in total. The zero-order chi connectivity index (χ0) is 15.0. The van der Waals surface area contributed by atoms with Crippen molar-refractivity contribution in [3.63, 3.8) is 0 Å². The van der Waals surface area contributed by atoms with Crippen molar-refractivity contribution < 1.29 is 14.3 Å². The maximum Gasteiger partial charge on any atom is 0.318 e. The van der Waals surface area contributed by atoms with Gasteiger partial charge < -0.3 is 15.0 Å². The summed E-state index contributed by atoms with van der Waals surface area (Å²) in [4.78, 5) is 26.0. The molecule has 1 aromatic rings. The van der Waals surface area contributed by atoms with Crippen LogP contribution in [-0.4, -0.2) is 43.0 Å². The lowest BCUT2D eigenvalue weighted by atomic mass is 9.91. The second-order valence-corrected chi connectivity index (χ2v) is 5.70. The molecule has 21 heavy (non-hydrogen) atoms. The van der Waals surface area contributed by atoms with Crippen LogP contribution in [-0.2, 0) is 14.3 Å². The average molecular weight is 288 g/mol. The van der Waals surface area contributed by atoms with Crippen LogP contribution in [0.25, 0.3) is 0 Å². The molecule has 1 amide bonds. The number of fused-ring (bicyclic) bond motifs is 1. The molecule has 2 aliphatic rings. The summed E-state index contributed by atoms with van der Waals surface area (Å²) in [6.45, 7) is 3.47. The van der Waals surface area contributed by atoms with Crippen LogP contribution in [0.4, 0.5) is 0 Å². The van der Waals surface area contributed by atoms with E-state index < -0.39 is 11.9 Å². The smallest absolute Gasteiger partial charge is 0.318 e. The third-order valence-corrected chi connectivity index (χ3v) is 4.57. The van der Waals surface area contributed by atoms with Crippen molar-refractivity contribution in [2.24, 2.45) is 5.92 Å². The largest absolute Gasteiger partial charge is 0.468 e. The first kappa shape index (κ1) is 14.1. The Morgan fingerprint density at radius 3 is 2.86 bits per heavy atom. The molecule has 0 spiro atoms. The molecular formula is C16H20N2O3. The van der Waals surface area contributed by atoms with E-state index in [1.807, 2.05) is 17.0 Å². The molecule has 2 aliphatic heterocycles. The van der Waals surface area contributed by atoms with Gasteiger partial charge in [0.15, 0.2) is 0 Å². The molecule has 3 atom stereocenters. The van der Waals surface area contributed by atoms with Gasteiger partial charge in [-0.3, -0.25) is 9.59 Å². The molecule has 2 fully saturated rings. The number of nitrogens with zero attached hydrogens (tertiary/aromatic N) is 1. The van der Waals surface area contributed by atoms with E-state index in [1.54, 1.807) is 0 Å². The SMILES string of the molecule is COC(=O)C1CC2C(c3ccccc3C)NCCN2C1=O. The monoisotopic (exact) mass is 288 g/mol. The van der Waals surface area contributed by atoms with Gasteiger partial charge in [-0.05, 0) is 24.5 Å². The summed E-state index contributed by atoms with van der Waals surface area (Å²) >= 11 is 0. The van der Waals surface area contributed by atoms with Crippen molar-refractivity contribution in [1.82, 2.24) is 10.2 Å². The summed E-state index contributed by atoms with van der Waals surface area (Å²) in [5.41, 5.74) is 2.40. The number of benzene rings is 1. The van der Waals surface area contributed by atoms with E-state index in [-0.39, 0.29) is 18.0 Å². The van der Waals surface area contributed by atoms with Gasteiger partial charge in [-0.15, -0.1) is 0 Å². The molecule has 112 valence electrons. The Morgan fingerprint density at radius 2 is 2.14 bits per heavy atom. The lowest BCUT2D eigenvalue weighted by molar-refractivity contribution is -0.150. The summed E-state index contributed by atoms with van der Waals surface area (Å²) in [6, 6.07) is 8.29. The molecule has 3 unspecified atom stereocenters. The average Bonchev–Trinajstić information content (AvgIpc) is 2.85. The number of hydrogen-bond acceptors (Lipinski definition) is 4. The number of rotatable bonds is 2. The Balaban J connectivity index is 1.90. The zero-order valence-electron chi connectivity index (χ0n) is 12.3. The number of aryl methyl sites for hydroxylation is 1. The van der Waals surface area contributed by atoms with Crippen molar-refractivity contribution >= 4 is 11.9 Å². The Hall–Kier alpha value is -1.88. The number of methoxy groups -OCH3 is 1. The van der Waals surface area contributed by atoms with E-state index >= 15 is 0 Å². The molecule has 0 aromatic heterocycles. The molecule has 0 saturated carbocycles. The lowest BCUT2D eigenvalue weighted by Crippen LogP contribution is -2.51. The Labute approximate surface area is 124 Å². The van der Waals surface area contributed by atoms with Crippen molar-refractivity contribution in [2.75, 3.05) is 20.2 Å². The first-order valence-electron chi connectivity index (χ1n) is 7.30. The summed E-state index contributed by atoms with van der Waals surface area (Å²) < 4.78 is 4.77. The molecule has 2 heterocycles. The Kier molecular flexibility index (Phi) is 3.68. The van der Waals surface area contributed by atoms with Gasteiger partial charge in [0, 0.05) is 13.1 Å². The number of nitrogens with one attached hydrogen (secondary N) is 1. The van der Waals surface area contributed by atoms with E-state index in [4.69, 9.17) is 4.74 Å². The number of esters is 1. The third-order valence-electron chi connectivity index (χ3n) is 4.57. The Bertz CT molecular complexity index is 572. The maximum absolute atomic E-state index is 12.4. The molecule has 0 aliphatic carbocycles. The highest BCUT2D eigenvalue weighted by molar-refractivity contribution is 5.99. The normalized spacial score (nSPS) is 28.4. The molecule has 1 aromatic carbocycles. The van der Waals surface area contributed by atoms with Crippen LogP contribution >= 0.6 is 0 Å². The standard InChI is InChI=1S/C16H20N2O3/c1-10-5-3-4-6-11(10)14-13-9-12(16(20)21-2)15(19)18(13)8-7-17-14/h3-6,12-14,17H,7-9H2,1-2H3. The molecule has 5 heteroatoms. The van der Waals surface area contributed by atoms with Crippen LogP contribution in [0.2, 0.25) is 0 Å². The number of carbonyl (C=O) groups excluding carboxylic acids is 2. The summed E-state index contributed by atoms with van der Waals surface area (Å²) in [7, 11) is 1.34. The van der Waals surface area contributed by atoms with Crippen LogP contribution < -0.4 is 5.32 Å².